The van der Waals surface area contributed by atoms with Gasteiger partial charge in [-0.15, -0.1) is 0 Å². The van der Waals surface area contributed by atoms with E-state index in [4.69, 9.17) is 9.15 Å². The smallest absolute Gasteiger partial charge is 0.290 e. The zero-order valence-corrected chi connectivity index (χ0v) is 13.8. The average molecular weight is 317 g/mol. The van der Waals surface area contributed by atoms with E-state index >= 15 is 0 Å². The number of hydrogen-bond donors (Lipinski definition) is 1. The molecule has 124 valence electrons. The SMILES string of the molecule is CC[C@@H](CO)N(Cc1ccccc1C)C(=O)c1ccc(OC)o1. The van der Waals surface area contributed by atoms with Gasteiger partial charge in [-0.3, -0.25) is 4.79 Å². The molecule has 0 aliphatic rings. The maximum absolute atomic E-state index is 12.8. The number of carbonyl (C=O) groups excluding carboxylic acids is 1. The third-order valence-electron chi connectivity index (χ3n) is 3.98. The number of aryl methyl sites for hydroxylation is 1. The molecule has 0 radical (unpaired) electrons. The molecule has 0 aliphatic carbocycles. The molecule has 5 nitrogen and oxygen atoms in total. The Morgan fingerprint density at radius 2 is 2.04 bits per heavy atom. The second-order valence-corrected chi connectivity index (χ2v) is 5.43. The first-order valence-electron chi connectivity index (χ1n) is 7.70. The van der Waals surface area contributed by atoms with Gasteiger partial charge in [-0.05, 0) is 30.5 Å². The largest absolute Gasteiger partial charge is 0.468 e. The lowest BCUT2D eigenvalue weighted by atomic mass is 10.1. The quantitative estimate of drug-likeness (QED) is 0.852. The summed E-state index contributed by atoms with van der Waals surface area (Å²) in [5, 5.41) is 9.64. The molecule has 0 bridgehead atoms. The number of benzene rings is 1. The van der Waals surface area contributed by atoms with Crippen molar-refractivity contribution in [1.29, 1.82) is 0 Å². The molecule has 0 spiro atoms. The number of methoxy groups -OCH3 is 1. The highest BCUT2D eigenvalue weighted by atomic mass is 16.6. The van der Waals surface area contributed by atoms with Crippen LogP contribution in [0, 0.1) is 6.92 Å². The second kappa shape index (κ2) is 7.83. The fourth-order valence-electron chi connectivity index (χ4n) is 2.47. The number of rotatable bonds is 7. The van der Waals surface area contributed by atoms with Crippen LogP contribution in [0.4, 0.5) is 0 Å². The zero-order chi connectivity index (χ0) is 16.8. The second-order valence-electron chi connectivity index (χ2n) is 5.43. The highest BCUT2D eigenvalue weighted by Crippen LogP contribution is 2.21. The number of amides is 1. The standard InChI is InChI=1S/C18H23NO4/c1-4-15(12-20)19(11-14-8-6-5-7-13(14)2)18(21)16-9-10-17(22-3)23-16/h5-10,15,20H,4,11-12H2,1-3H3/t15-/m0/s1. The lowest BCUT2D eigenvalue weighted by Gasteiger charge is -2.29. The van der Waals surface area contributed by atoms with Gasteiger partial charge in [0.25, 0.3) is 11.9 Å². The number of ether oxygens (including phenoxy) is 1. The van der Waals surface area contributed by atoms with Gasteiger partial charge < -0.3 is 19.2 Å². The summed E-state index contributed by atoms with van der Waals surface area (Å²) in [6.07, 6.45) is 0.659. The molecule has 1 heterocycles. The third-order valence-corrected chi connectivity index (χ3v) is 3.98. The van der Waals surface area contributed by atoms with E-state index in [0.717, 1.165) is 11.1 Å². The molecule has 0 fully saturated rings. The van der Waals surface area contributed by atoms with Crippen LogP contribution >= 0.6 is 0 Å². The van der Waals surface area contributed by atoms with Crippen molar-refractivity contribution in [2.45, 2.75) is 32.9 Å². The van der Waals surface area contributed by atoms with E-state index in [1.807, 2.05) is 38.1 Å². The van der Waals surface area contributed by atoms with Gasteiger partial charge in [0.1, 0.15) is 0 Å². The highest BCUT2D eigenvalue weighted by Gasteiger charge is 2.26. The van der Waals surface area contributed by atoms with Crippen molar-refractivity contribution < 1.29 is 19.1 Å². The van der Waals surface area contributed by atoms with Crippen molar-refractivity contribution in [3.05, 3.63) is 53.3 Å². The summed E-state index contributed by atoms with van der Waals surface area (Å²) in [5.74, 6) is 0.251. The minimum Gasteiger partial charge on any atom is -0.468 e. The number of aliphatic hydroxyl groups excluding tert-OH is 1. The number of aliphatic hydroxyl groups is 1. The molecule has 1 aromatic carbocycles. The van der Waals surface area contributed by atoms with Crippen LogP contribution < -0.4 is 4.74 Å². The molecular formula is C18H23NO4. The highest BCUT2D eigenvalue weighted by molar-refractivity contribution is 5.91. The van der Waals surface area contributed by atoms with E-state index in [9.17, 15) is 9.90 Å². The van der Waals surface area contributed by atoms with Gasteiger partial charge in [-0.2, -0.15) is 0 Å². The molecule has 0 aliphatic heterocycles. The number of hydrogen-bond acceptors (Lipinski definition) is 4. The van der Waals surface area contributed by atoms with E-state index in [1.165, 1.54) is 7.11 Å². The van der Waals surface area contributed by atoms with Crippen molar-refractivity contribution in [1.82, 2.24) is 4.90 Å². The van der Waals surface area contributed by atoms with Crippen molar-refractivity contribution in [2.75, 3.05) is 13.7 Å². The van der Waals surface area contributed by atoms with E-state index < -0.39 is 0 Å². The molecule has 1 N–H and O–H groups in total. The van der Waals surface area contributed by atoms with Crippen molar-refractivity contribution in [3.8, 4) is 5.95 Å². The van der Waals surface area contributed by atoms with Gasteiger partial charge >= 0.3 is 0 Å². The Morgan fingerprint density at radius 3 is 2.61 bits per heavy atom. The van der Waals surface area contributed by atoms with Crippen LogP contribution in [0.3, 0.4) is 0 Å². The fourth-order valence-corrected chi connectivity index (χ4v) is 2.47. The molecule has 0 saturated carbocycles. The van der Waals surface area contributed by atoms with E-state index in [-0.39, 0.29) is 24.3 Å². The third kappa shape index (κ3) is 3.93. The summed E-state index contributed by atoms with van der Waals surface area (Å²) in [7, 11) is 1.49. The Labute approximate surface area is 136 Å². The minimum atomic E-state index is -0.266. The molecule has 1 atom stereocenters. The van der Waals surface area contributed by atoms with Gasteiger partial charge in [0.05, 0.1) is 19.8 Å². The van der Waals surface area contributed by atoms with Crippen molar-refractivity contribution >= 4 is 5.91 Å². The minimum absolute atomic E-state index is 0.0913. The van der Waals surface area contributed by atoms with Crippen LogP contribution in [-0.2, 0) is 6.54 Å². The monoisotopic (exact) mass is 317 g/mol. The van der Waals surface area contributed by atoms with Crippen LogP contribution in [0.1, 0.15) is 35.0 Å². The van der Waals surface area contributed by atoms with Crippen molar-refractivity contribution in [2.24, 2.45) is 0 Å². The zero-order valence-electron chi connectivity index (χ0n) is 13.8. The summed E-state index contributed by atoms with van der Waals surface area (Å²) < 4.78 is 10.4. The summed E-state index contributed by atoms with van der Waals surface area (Å²) >= 11 is 0. The fraction of sp³-hybridized carbons (Fsp3) is 0.389. The normalized spacial score (nSPS) is 12.0. The summed E-state index contributed by atoms with van der Waals surface area (Å²) in [5.41, 5.74) is 2.15. The van der Waals surface area contributed by atoms with Gasteiger partial charge in [-0.1, -0.05) is 31.2 Å². The Kier molecular flexibility index (Phi) is 5.82. The summed E-state index contributed by atoms with van der Waals surface area (Å²) in [4.78, 5) is 14.5. The van der Waals surface area contributed by atoms with E-state index in [2.05, 4.69) is 0 Å². The summed E-state index contributed by atoms with van der Waals surface area (Å²) in [6, 6.07) is 10.8. The van der Waals surface area contributed by atoms with Crippen molar-refractivity contribution in [3.63, 3.8) is 0 Å². The van der Waals surface area contributed by atoms with Crippen LogP contribution in [0.15, 0.2) is 40.8 Å². The average Bonchev–Trinajstić information content (AvgIpc) is 3.05. The Hall–Kier alpha value is -2.27. The lowest BCUT2D eigenvalue weighted by molar-refractivity contribution is 0.0527. The van der Waals surface area contributed by atoms with E-state index in [1.54, 1.807) is 17.0 Å². The van der Waals surface area contributed by atoms with Gasteiger partial charge in [0.15, 0.2) is 5.76 Å². The molecule has 1 aromatic heterocycles. The van der Waals surface area contributed by atoms with Crippen LogP contribution in [0.2, 0.25) is 0 Å². The van der Waals surface area contributed by atoms with Gasteiger partial charge in [0, 0.05) is 12.6 Å². The Bertz CT molecular complexity index is 646. The molecule has 1 amide bonds. The number of carbonyl (C=O) groups is 1. The first-order valence-corrected chi connectivity index (χ1v) is 7.70. The number of furan rings is 1. The van der Waals surface area contributed by atoms with Crippen LogP contribution in [0.5, 0.6) is 5.95 Å². The molecule has 0 unspecified atom stereocenters. The lowest BCUT2D eigenvalue weighted by Crippen LogP contribution is -2.41. The van der Waals surface area contributed by atoms with Gasteiger partial charge in [0.2, 0.25) is 0 Å². The van der Waals surface area contributed by atoms with E-state index in [0.29, 0.717) is 18.9 Å². The predicted molar refractivity (Wildman–Crippen MR) is 87.5 cm³/mol. The predicted octanol–water partition coefficient (Wildman–Crippen LogP) is 3.01. The molecule has 2 aromatic rings. The maximum atomic E-state index is 12.8. The molecular weight excluding hydrogens is 294 g/mol. The first kappa shape index (κ1) is 17.1. The molecule has 0 saturated heterocycles. The van der Waals surface area contributed by atoms with Crippen LogP contribution in [-0.4, -0.2) is 35.7 Å². The Morgan fingerprint density at radius 1 is 1.30 bits per heavy atom. The van der Waals surface area contributed by atoms with Gasteiger partial charge in [-0.25, -0.2) is 0 Å². The molecule has 5 heteroatoms. The topological polar surface area (TPSA) is 62.9 Å². The molecule has 23 heavy (non-hydrogen) atoms. The van der Waals surface area contributed by atoms with Crippen LogP contribution in [0.25, 0.3) is 0 Å². The first-order chi connectivity index (χ1) is 11.1. The Balaban J connectivity index is 2.30. The number of nitrogens with zero attached hydrogens (tertiary/aromatic N) is 1. The molecule has 2 rings (SSSR count). The summed E-state index contributed by atoms with van der Waals surface area (Å²) in [6.45, 7) is 4.29. The maximum Gasteiger partial charge on any atom is 0.290 e.